The molecule has 14 heavy (non-hydrogen) atoms. The van der Waals surface area contributed by atoms with Gasteiger partial charge in [-0.1, -0.05) is 0 Å². The van der Waals surface area contributed by atoms with Crippen molar-refractivity contribution in [3.63, 3.8) is 0 Å². The van der Waals surface area contributed by atoms with E-state index in [0.717, 1.165) is 6.07 Å². The van der Waals surface area contributed by atoms with Crippen molar-refractivity contribution in [2.45, 2.75) is 13.0 Å². The minimum Gasteiger partial charge on any atom is -0.341 e. The fourth-order valence-corrected chi connectivity index (χ4v) is 1.25. The Labute approximate surface area is 78.9 Å². The van der Waals surface area contributed by atoms with Crippen molar-refractivity contribution < 1.29 is 8.78 Å². The van der Waals surface area contributed by atoms with Crippen LogP contribution in [0.4, 0.5) is 8.78 Å². The zero-order chi connectivity index (χ0) is 10.3. The Bertz CT molecular complexity index is 476. The molecule has 0 fully saturated rings. The number of H-pyrrole nitrogens is 1. The Hall–Kier alpha value is -1.49. The van der Waals surface area contributed by atoms with Crippen LogP contribution in [0.3, 0.4) is 0 Å². The molecule has 0 amide bonds. The average Bonchev–Trinajstić information content (AvgIpc) is 2.56. The van der Waals surface area contributed by atoms with Crippen molar-refractivity contribution in [3.05, 3.63) is 29.6 Å². The van der Waals surface area contributed by atoms with Crippen LogP contribution in [0.25, 0.3) is 11.0 Å². The molecule has 2 aromatic rings. The second-order valence-electron chi connectivity index (χ2n) is 3.17. The molecular weight excluding hydrogens is 188 g/mol. The van der Waals surface area contributed by atoms with Gasteiger partial charge in [0.2, 0.25) is 0 Å². The monoisotopic (exact) mass is 197 g/mol. The molecule has 74 valence electrons. The number of rotatable bonds is 1. The summed E-state index contributed by atoms with van der Waals surface area (Å²) >= 11 is 0. The number of halogens is 2. The summed E-state index contributed by atoms with van der Waals surface area (Å²) in [4.78, 5) is 6.70. The van der Waals surface area contributed by atoms with Gasteiger partial charge in [0.1, 0.15) is 11.3 Å². The van der Waals surface area contributed by atoms with E-state index in [4.69, 9.17) is 5.73 Å². The number of fused-ring (bicyclic) bond motifs is 1. The number of benzene rings is 1. The highest BCUT2D eigenvalue weighted by molar-refractivity contribution is 5.75. The first-order valence-electron chi connectivity index (χ1n) is 4.19. The third-order valence-electron chi connectivity index (χ3n) is 2.00. The van der Waals surface area contributed by atoms with E-state index in [1.165, 1.54) is 6.07 Å². The average molecular weight is 197 g/mol. The van der Waals surface area contributed by atoms with Gasteiger partial charge in [-0.25, -0.2) is 13.8 Å². The van der Waals surface area contributed by atoms with Gasteiger partial charge in [0, 0.05) is 0 Å². The predicted molar refractivity (Wildman–Crippen MR) is 48.6 cm³/mol. The van der Waals surface area contributed by atoms with Gasteiger partial charge in [-0.05, 0) is 19.1 Å². The highest BCUT2D eigenvalue weighted by Crippen LogP contribution is 2.19. The first-order valence-corrected chi connectivity index (χ1v) is 4.19. The number of hydrogen-bond acceptors (Lipinski definition) is 2. The number of nitrogens with one attached hydrogen (secondary N) is 1. The Morgan fingerprint density at radius 1 is 1.43 bits per heavy atom. The maximum Gasteiger partial charge on any atom is 0.186 e. The molecule has 3 N–H and O–H groups in total. The zero-order valence-electron chi connectivity index (χ0n) is 7.51. The van der Waals surface area contributed by atoms with E-state index in [2.05, 4.69) is 9.97 Å². The van der Waals surface area contributed by atoms with E-state index in [-0.39, 0.29) is 11.6 Å². The van der Waals surface area contributed by atoms with Gasteiger partial charge in [0.05, 0.1) is 11.6 Å². The largest absolute Gasteiger partial charge is 0.341 e. The van der Waals surface area contributed by atoms with Crippen LogP contribution in [0.15, 0.2) is 12.1 Å². The number of nitrogens with zero attached hydrogens (tertiary/aromatic N) is 1. The van der Waals surface area contributed by atoms with Gasteiger partial charge in [-0.3, -0.25) is 0 Å². The molecule has 0 aliphatic carbocycles. The zero-order valence-corrected chi connectivity index (χ0v) is 7.51. The molecule has 3 nitrogen and oxygen atoms in total. The van der Waals surface area contributed by atoms with Crippen molar-refractivity contribution in [2.24, 2.45) is 5.73 Å². The third kappa shape index (κ3) is 1.26. The summed E-state index contributed by atoms with van der Waals surface area (Å²) in [7, 11) is 0. The number of nitrogens with two attached hydrogens (primary N) is 1. The SMILES string of the molecule is C[C@H](N)c1nc2c(F)c(F)ccc2[nH]1. The molecule has 0 saturated heterocycles. The van der Waals surface area contributed by atoms with Crippen LogP contribution in [0.1, 0.15) is 18.8 Å². The molecule has 0 unspecified atom stereocenters. The second kappa shape index (κ2) is 3.02. The molecule has 1 atom stereocenters. The van der Waals surface area contributed by atoms with Crippen LogP contribution in [-0.4, -0.2) is 9.97 Å². The van der Waals surface area contributed by atoms with Crippen LogP contribution < -0.4 is 5.73 Å². The number of hydrogen-bond donors (Lipinski definition) is 2. The van der Waals surface area contributed by atoms with Gasteiger partial charge in [-0.15, -0.1) is 0 Å². The normalized spacial score (nSPS) is 13.4. The lowest BCUT2D eigenvalue weighted by molar-refractivity contribution is 0.515. The molecular formula is C9H9F2N3. The first-order chi connectivity index (χ1) is 6.59. The van der Waals surface area contributed by atoms with Gasteiger partial charge in [0.25, 0.3) is 0 Å². The molecule has 0 spiro atoms. The van der Waals surface area contributed by atoms with Gasteiger partial charge < -0.3 is 10.7 Å². The van der Waals surface area contributed by atoms with Crippen LogP contribution in [0.5, 0.6) is 0 Å². The molecule has 0 saturated carbocycles. The standard InChI is InChI=1S/C9H9F2N3/c1-4(12)9-13-6-3-2-5(10)7(11)8(6)14-9/h2-4H,12H2,1H3,(H,13,14)/t4-/m0/s1. The minimum atomic E-state index is -0.939. The van der Waals surface area contributed by atoms with Crippen molar-refractivity contribution in [1.29, 1.82) is 0 Å². The molecule has 2 rings (SSSR count). The third-order valence-corrected chi connectivity index (χ3v) is 2.00. The summed E-state index contributed by atoms with van der Waals surface area (Å²) in [5.74, 6) is -1.39. The van der Waals surface area contributed by atoms with Gasteiger partial charge >= 0.3 is 0 Å². The smallest absolute Gasteiger partial charge is 0.186 e. The summed E-state index contributed by atoms with van der Waals surface area (Å²) < 4.78 is 26.0. The topological polar surface area (TPSA) is 54.7 Å². The number of imidazole rings is 1. The molecule has 1 aromatic heterocycles. The quantitative estimate of drug-likeness (QED) is 0.733. The second-order valence-corrected chi connectivity index (χ2v) is 3.17. The Balaban J connectivity index is 2.71. The fraction of sp³-hybridized carbons (Fsp3) is 0.222. The number of aromatic nitrogens is 2. The summed E-state index contributed by atoms with van der Waals surface area (Å²) in [5.41, 5.74) is 6.01. The van der Waals surface area contributed by atoms with Crippen molar-refractivity contribution in [1.82, 2.24) is 9.97 Å². The van der Waals surface area contributed by atoms with Crippen molar-refractivity contribution in [2.75, 3.05) is 0 Å². The van der Waals surface area contributed by atoms with E-state index >= 15 is 0 Å². The van der Waals surface area contributed by atoms with Crippen LogP contribution in [-0.2, 0) is 0 Å². The molecule has 0 aliphatic heterocycles. The summed E-state index contributed by atoms with van der Waals surface area (Å²) in [6.07, 6.45) is 0. The number of aromatic amines is 1. The van der Waals surface area contributed by atoms with Crippen LogP contribution >= 0.6 is 0 Å². The molecule has 0 bridgehead atoms. The Morgan fingerprint density at radius 2 is 2.14 bits per heavy atom. The summed E-state index contributed by atoms with van der Waals surface area (Å²) in [5, 5.41) is 0. The predicted octanol–water partition coefficient (Wildman–Crippen LogP) is 1.86. The lowest BCUT2D eigenvalue weighted by Gasteiger charge is -1.96. The molecule has 0 aliphatic rings. The van der Waals surface area contributed by atoms with E-state index in [1.807, 2.05) is 0 Å². The minimum absolute atomic E-state index is 0.00250. The van der Waals surface area contributed by atoms with Gasteiger partial charge in [0.15, 0.2) is 11.6 Å². The molecule has 1 aromatic carbocycles. The molecule has 0 radical (unpaired) electrons. The lowest BCUT2D eigenvalue weighted by Crippen LogP contribution is -2.06. The van der Waals surface area contributed by atoms with E-state index < -0.39 is 11.6 Å². The Morgan fingerprint density at radius 3 is 2.79 bits per heavy atom. The van der Waals surface area contributed by atoms with Crippen molar-refractivity contribution >= 4 is 11.0 Å². The highest BCUT2D eigenvalue weighted by Gasteiger charge is 2.13. The van der Waals surface area contributed by atoms with E-state index in [0.29, 0.717) is 11.3 Å². The van der Waals surface area contributed by atoms with Crippen molar-refractivity contribution in [3.8, 4) is 0 Å². The highest BCUT2D eigenvalue weighted by atomic mass is 19.2. The van der Waals surface area contributed by atoms with E-state index in [1.54, 1.807) is 6.92 Å². The van der Waals surface area contributed by atoms with E-state index in [9.17, 15) is 8.78 Å². The summed E-state index contributed by atoms with van der Waals surface area (Å²) in [6, 6.07) is 2.16. The van der Waals surface area contributed by atoms with Crippen LogP contribution in [0, 0.1) is 11.6 Å². The first kappa shape index (κ1) is 9.08. The van der Waals surface area contributed by atoms with Gasteiger partial charge in [-0.2, -0.15) is 0 Å². The lowest BCUT2D eigenvalue weighted by atomic mass is 10.3. The molecule has 5 heteroatoms. The fourth-order valence-electron chi connectivity index (χ4n) is 1.25. The molecule has 1 heterocycles. The Kier molecular flexibility index (Phi) is 1.96. The summed E-state index contributed by atoms with van der Waals surface area (Å²) in [6.45, 7) is 1.71. The maximum atomic E-state index is 13.2. The van der Waals surface area contributed by atoms with Crippen LogP contribution in [0.2, 0.25) is 0 Å². The maximum absolute atomic E-state index is 13.2.